The number of carbonyl (C=O) groups is 3. The SMILES string of the molecule is CC(C)C[C@@H]1N2C(=O)[C@]3(O)CCCN3C(=O)[C@@H]2C[C@@]12C(=O)Nc1ccccc12. The van der Waals surface area contributed by atoms with Crippen molar-refractivity contribution in [1.82, 2.24) is 9.80 Å². The van der Waals surface area contributed by atoms with Gasteiger partial charge in [-0.05, 0) is 36.8 Å². The molecule has 3 amide bonds. The molecule has 4 atom stereocenters. The fourth-order valence-electron chi connectivity index (χ4n) is 5.82. The lowest BCUT2D eigenvalue weighted by molar-refractivity contribution is -0.193. The number of nitrogens with zero attached hydrogens (tertiary/aromatic N) is 2. The van der Waals surface area contributed by atoms with Crippen molar-refractivity contribution in [3.63, 3.8) is 0 Å². The number of hydrogen-bond donors (Lipinski definition) is 2. The first-order chi connectivity index (χ1) is 13.3. The summed E-state index contributed by atoms with van der Waals surface area (Å²) in [6.07, 6.45) is 1.72. The maximum atomic E-state index is 13.5. The molecule has 148 valence electrons. The molecule has 4 aliphatic rings. The zero-order chi connectivity index (χ0) is 19.8. The van der Waals surface area contributed by atoms with E-state index in [9.17, 15) is 19.5 Å². The predicted molar refractivity (Wildman–Crippen MR) is 101 cm³/mol. The van der Waals surface area contributed by atoms with Gasteiger partial charge in [-0.25, -0.2) is 0 Å². The highest BCUT2D eigenvalue weighted by Gasteiger charge is 2.69. The average Bonchev–Trinajstić information content (AvgIpc) is 3.29. The number of amides is 3. The van der Waals surface area contributed by atoms with E-state index in [1.165, 1.54) is 4.90 Å². The van der Waals surface area contributed by atoms with Gasteiger partial charge in [-0.15, -0.1) is 0 Å². The van der Waals surface area contributed by atoms with Gasteiger partial charge >= 0.3 is 0 Å². The number of piperazine rings is 1. The van der Waals surface area contributed by atoms with Gasteiger partial charge in [-0.2, -0.15) is 0 Å². The van der Waals surface area contributed by atoms with Crippen molar-refractivity contribution in [3.05, 3.63) is 29.8 Å². The van der Waals surface area contributed by atoms with Gasteiger partial charge in [-0.1, -0.05) is 32.0 Å². The van der Waals surface area contributed by atoms with Crippen LogP contribution in [-0.4, -0.2) is 57.0 Å². The van der Waals surface area contributed by atoms with Crippen molar-refractivity contribution in [1.29, 1.82) is 0 Å². The van der Waals surface area contributed by atoms with Crippen LogP contribution in [0.3, 0.4) is 0 Å². The number of fused-ring (bicyclic) bond motifs is 4. The van der Waals surface area contributed by atoms with Gasteiger partial charge < -0.3 is 20.2 Å². The van der Waals surface area contributed by atoms with Crippen molar-refractivity contribution in [2.24, 2.45) is 5.92 Å². The topological polar surface area (TPSA) is 90.0 Å². The zero-order valence-corrected chi connectivity index (χ0v) is 16.1. The van der Waals surface area contributed by atoms with Gasteiger partial charge in [0.05, 0.1) is 11.5 Å². The normalized spacial score (nSPS) is 36.2. The molecule has 0 radical (unpaired) electrons. The van der Waals surface area contributed by atoms with Crippen LogP contribution in [-0.2, 0) is 19.8 Å². The van der Waals surface area contributed by atoms with Gasteiger partial charge in [-0.3, -0.25) is 14.4 Å². The molecule has 7 nitrogen and oxygen atoms in total. The first kappa shape index (κ1) is 17.7. The van der Waals surface area contributed by atoms with Crippen LogP contribution < -0.4 is 5.32 Å². The average molecular weight is 383 g/mol. The molecule has 0 unspecified atom stereocenters. The Kier molecular flexibility index (Phi) is 3.51. The Balaban J connectivity index is 1.69. The summed E-state index contributed by atoms with van der Waals surface area (Å²) in [4.78, 5) is 42.9. The van der Waals surface area contributed by atoms with Crippen LogP contribution in [0.15, 0.2) is 24.3 Å². The van der Waals surface area contributed by atoms with E-state index in [0.29, 0.717) is 19.4 Å². The predicted octanol–water partition coefficient (Wildman–Crippen LogP) is 1.22. The Bertz CT molecular complexity index is 899. The summed E-state index contributed by atoms with van der Waals surface area (Å²) < 4.78 is 0. The van der Waals surface area contributed by atoms with Crippen LogP contribution in [0, 0.1) is 5.92 Å². The molecular formula is C21H25N3O4. The second-order valence-electron chi connectivity index (χ2n) is 8.96. The molecule has 5 rings (SSSR count). The van der Waals surface area contributed by atoms with E-state index >= 15 is 0 Å². The Hall–Kier alpha value is -2.41. The Morgan fingerprint density at radius 3 is 2.75 bits per heavy atom. The second kappa shape index (κ2) is 5.56. The van der Waals surface area contributed by atoms with Crippen LogP contribution in [0.4, 0.5) is 5.69 Å². The minimum Gasteiger partial charge on any atom is -0.363 e. The van der Waals surface area contributed by atoms with Crippen LogP contribution in [0.5, 0.6) is 0 Å². The molecular weight excluding hydrogens is 358 g/mol. The molecule has 4 heterocycles. The van der Waals surface area contributed by atoms with Crippen LogP contribution >= 0.6 is 0 Å². The van der Waals surface area contributed by atoms with Crippen molar-refractivity contribution in [3.8, 4) is 0 Å². The van der Waals surface area contributed by atoms with Crippen LogP contribution in [0.25, 0.3) is 0 Å². The van der Waals surface area contributed by atoms with Gasteiger partial charge in [0.2, 0.25) is 17.5 Å². The van der Waals surface area contributed by atoms with Gasteiger partial charge in [0.1, 0.15) is 6.04 Å². The Morgan fingerprint density at radius 1 is 1.25 bits per heavy atom. The number of para-hydroxylation sites is 1. The summed E-state index contributed by atoms with van der Waals surface area (Å²) >= 11 is 0. The zero-order valence-electron chi connectivity index (χ0n) is 16.1. The van der Waals surface area contributed by atoms with E-state index in [0.717, 1.165) is 11.3 Å². The van der Waals surface area contributed by atoms with E-state index < -0.39 is 29.1 Å². The van der Waals surface area contributed by atoms with Crippen molar-refractivity contribution in [2.75, 3.05) is 11.9 Å². The molecule has 0 saturated carbocycles. The second-order valence-corrected chi connectivity index (χ2v) is 8.96. The standard InChI is InChI=1S/C21H25N3O4/c1-12(2)10-16-20(13-6-3-4-7-14(13)22-18(20)26)11-15-17(25)23-9-5-8-21(23,28)19(27)24(15)16/h3-4,6-7,12,15-16,28H,5,8-11H2,1-2H3,(H,22,26)/t15-,16-,20-,21+/m0/s1. The third kappa shape index (κ3) is 1.95. The molecule has 1 aromatic rings. The highest BCUT2D eigenvalue weighted by atomic mass is 16.3. The van der Waals surface area contributed by atoms with Crippen LogP contribution in [0.2, 0.25) is 0 Å². The first-order valence-electron chi connectivity index (χ1n) is 10.1. The summed E-state index contributed by atoms with van der Waals surface area (Å²) in [5.74, 6) is -0.585. The van der Waals surface area contributed by atoms with E-state index in [-0.39, 0.29) is 30.6 Å². The molecule has 0 aromatic heterocycles. The molecule has 7 heteroatoms. The maximum Gasteiger partial charge on any atom is 0.276 e. The van der Waals surface area contributed by atoms with Gasteiger partial charge in [0.15, 0.2) is 0 Å². The Labute approximate surface area is 163 Å². The first-order valence-corrected chi connectivity index (χ1v) is 10.1. The van der Waals surface area contributed by atoms with Crippen molar-refractivity contribution in [2.45, 2.75) is 62.8 Å². The summed E-state index contributed by atoms with van der Waals surface area (Å²) in [7, 11) is 0. The molecule has 0 bridgehead atoms. The molecule has 28 heavy (non-hydrogen) atoms. The van der Waals surface area contributed by atoms with Gasteiger partial charge in [0.25, 0.3) is 5.91 Å². The minimum atomic E-state index is -1.76. The summed E-state index contributed by atoms with van der Waals surface area (Å²) in [5, 5.41) is 14.0. The number of hydrogen-bond acceptors (Lipinski definition) is 4. The minimum absolute atomic E-state index is 0.151. The molecule has 3 saturated heterocycles. The largest absolute Gasteiger partial charge is 0.363 e. The van der Waals surface area contributed by atoms with E-state index in [4.69, 9.17) is 0 Å². The molecule has 1 spiro atoms. The lowest BCUT2D eigenvalue weighted by Crippen LogP contribution is -2.69. The number of aliphatic hydroxyl groups is 1. The molecule has 4 aliphatic heterocycles. The summed E-state index contributed by atoms with van der Waals surface area (Å²) in [5.41, 5.74) is -1.11. The molecule has 0 aliphatic carbocycles. The van der Waals surface area contributed by atoms with E-state index in [1.54, 1.807) is 4.90 Å². The lowest BCUT2D eigenvalue weighted by atomic mass is 9.72. The number of carbonyl (C=O) groups excluding carboxylic acids is 3. The summed E-state index contributed by atoms with van der Waals surface area (Å²) in [6, 6.07) is 6.38. The smallest absolute Gasteiger partial charge is 0.276 e. The fourth-order valence-corrected chi connectivity index (χ4v) is 5.82. The number of anilines is 1. The summed E-state index contributed by atoms with van der Waals surface area (Å²) in [6.45, 7) is 4.48. The third-order valence-electron chi connectivity index (χ3n) is 6.99. The van der Waals surface area contributed by atoms with E-state index in [2.05, 4.69) is 5.32 Å². The van der Waals surface area contributed by atoms with Crippen molar-refractivity contribution < 1.29 is 19.5 Å². The number of benzene rings is 1. The molecule has 2 N–H and O–H groups in total. The lowest BCUT2D eigenvalue weighted by Gasteiger charge is -2.46. The third-order valence-corrected chi connectivity index (χ3v) is 6.99. The van der Waals surface area contributed by atoms with Crippen molar-refractivity contribution >= 4 is 23.4 Å². The Morgan fingerprint density at radius 2 is 2.00 bits per heavy atom. The molecule has 1 aromatic carbocycles. The quantitative estimate of drug-likeness (QED) is 0.804. The van der Waals surface area contributed by atoms with E-state index in [1.807, 2.05) is 38.1 Å². The monoisotopic (exact) mass is 383 g/mol. The number of rotatable bonds is 2. The molecule has 3 fully saturated rings. The fraction of sp³-hybridized carbons (Fsp3) is 0.571. The van der Waals surface area contributed by atoms with Gasteiger partial charge in [0, 0.05) is 18.7 Å². The maximum absolute atomic E-state index is 13.5. The highest BCUT2D eigenvalue weighted by Crippen LogP contribution is 2.54. The van der Waals surface area contributed by atoms with Crippen LogP contribution in [0.1, 0.15) is 45.1 Å². The highest BCUT2D eigenvalue weighted by molar-refractivity contribution is 6.10. The number of nitrogens with one attached hydrogen (secondary N) is 1.